The van der Waals surface area contributed by atoms with Crippen molar-refractivity contribution in [3.63, 3.8) is 0 Å². The zero-order chi connectivity index (χ0) is 20.3. The van der Waals surface area contributed by atoms with E-state index >= 15 is 0 Å². The lowest BCUT2D eigenvalue weighted by atomic mass is 10.0. The van der Waals surface area contributed by atoms with E-state index in [0.717, 1.165) is 32.1 Å². The van der Waals surface area contributed by atoms with Gasteiger partial charge in [-0.25, -0.2) is 0 Å². The van der Waals surface area contributed by atoms with Gasteiger partial charge in [0.1, 0.15) is 0 Å². The highest BCUT2D eigenvalue weighted by Crippen LogP contribution is 2.56. The Hall–Kier alpha value is -0.720. The topological polar surface area (TPSA) is 89.9 Å². The second-order valence-corrected chi connectivity index (χ2v) is 10.8. The zero-order valence-electron chi connectivity index (χ0n) is 16.6. The van der Waals surface area contributed by atoms with Gasteiger partial charge in [0.25, 0.3) is 10.1 Å². The van der Waals surface area contributed by atoms with Crippen LogP contribution < -0.4 is 0 Å². The molecule has 0 aromatic heterocycles. The van der Waals surface area contributed by atoms with Gasteiger partial charge in [-0.2, -0.15) is 8.42 Å². The minimum absolute atomic E-state index is 0.0578. The molecular weight excluding hydrogens is 387 g/mol. The van der Waals surface area contributed by atoms with Crippen LogP contribution in [0.15, 0.2) is 24.3 Å². The van der Waals surface area contributed by atoms with Gasteiger partial charge in [-0.3, -0.25) is 9.12 Å². The first kappa shape index (κ1) is 24.3. The Labute approximate surface area is 163 Å². The molecule has 0 aliphatic heterocycles. The van der Waals surface area contributed by atoms with Gasteiger partial charge in [-0.05, 0) is 45.6 Å². The summed E-state index contributed by atoms with van der Waals surface area (Å²) in [5.41, 5.74) is 2.59. The van der Waals surface area contributed by atoms with Crippen LogP contribution in [0.4, 0.5) is 0 Å². The Balaban J connectivity index is 2.42. The molecule has 0 aliphatic carbocycles. The largest absolute Gasteiger partial charge is 0.351 e. The first-order valence-electron chi connectivity index (χ1n) is 9.63. The minimum atomic E-state index is -4.52. The van der Waals surface area contributed by atoms with E-state index in [-0.39, 0.29) is 19.6 Å². The predicted octanol–water partition coefficient (Wildman–Crippen LogP) is 5.36. The number of rotatable bonds is 14. The van der Waals surface area contributed by atoms with Crippen LogP contribution >= 0.6 is 7.60 Å². The lowest BCUT2D eigenvalue weighted by molar-refractivity contribution is 0.215. The molecule has 1 aromatic rings. The third-order valence-electron chi connectivity index (χ3n) is 4.31. The van der Waals surface area contributed by atoms with Gasteiger partial charge in [-0.1, -0.05) is 55.5 Å². The number of hydrogen-bond acceptors (Lipinski definition) is 5. The van der Waals surface area contributed by atoms with Crippen LogP contribution in [-0.4, -0.2) is 31.2 Å². The Morgan fingerprint density at radius 2 is 1.63 bits per heavy atom. The molecule has 1 atom stereocenters. The Morgan fingerprint density at radius 3 is 2.19 bits per heavy atom. The van der Waals surface area contributed by atoms with Gasteiger partial charge in [0, 0.05) is 0 Å². The van der Waals surface area contributed by atoms with Gasteiger partial charge in [-0.15, -0.1) is 0 Å². The molecule has 0 aliphatic rings. The smallest absolute Gasteiger partial charge is 0.308 e. The van der Waals surface area contributed by atoms with Crippen LogP contribution in [0, 0.1) is 6.92 Å². The van der Waals surface area contributed by atoms with E-state index < -0.39 is 22.7 Å². The zero-order valence-corrected chi connectivity index (χ0v) is 18.3. The Morgan fingerprint density at radius 1 is 1.04 bits per heavy atom. The van der Waals surface area contributed by atoms with Crippen molar-refractivity contribution < 1.29 is 26.6 Å². The summed E-state index contributed by atoms with van der Waals surface area (Å²) in [4.78, 5) is -1.52. The molecule has 0 saturated heterocycles. The van der Waals surface area contributed by atoms with Crippen LogP contribution in [0.2, 0.25) is 0 Å². The van der Waals surface area contributed by atoms with Crippen LogP contribution in [0.1, 0.15) is 63.5 Å². The normalized spacial score (nSPS) is 13.6. The fourth-order valence-corrected chi connectivity index (χ4v) is 6.84. The fraction of sp³-hybridized carbons (Fsp3) is 0.684. The van der Waals surface area contributed by atoms with E-state index in [2.05, 4.69) is 31.2 Å². The molecule has 27 heavy (non-hydrogen) atoms. The van der Waals surface area contributed by atoms with Crippen molar-refractivity contribution in [2.24, 2.45) is 0 Å². The predicted molar refractivity (Wildman–Crippen MR) is 109 cm³/mol. The van der Waals surface area contributed by atoms with Crippen molar-refractivity contribution in [3.05, 3.63) is 35.4 Å². The van der Waals surface area contributed by atoms with Gasteiger partial charge in [0.05, 0.1) is 13.2 Å². The van der Waals surface area contributed by atoms with E-state index in [9.17, 15) is 17.5 Å². The van der Waals surface area contributed by atoms with E-state index in [0.29, 0.717) is 6.42 Å². The Bertz CT molecular complexity index is 694. The van der Waals surface area contributed by atoms with E-state index in [1.807, 2.05) is 0 Å². The summed E-state index contributed by atoms with van der Waals surface area (Å²) < 4.78 is 55.8. The first-order valence-corrected chi connectivity index (χ1v) is 12.7. The standard InChI is InChI=1S/C19H33O6PS/c1-4-24-26(20,25-5-2)19(27(21,22)23)15-10-8-6-7-9-13-18-14-11-12-17(3)16-18/h11-12,14,16,19H,4-10,13,15H2,1-3H3,(H,21,22,23). The molecule has 0 bridgehead atoms. The van der Waals surface area contributed by atoms with Crippen LogP contribution in [0.5, 0.6) is 0 Å². The van der Waals surface area contributed by atoms with Gasteiger partial charge < -0.3 is 9.05 Å². The van der Waals surface area contributed by atoms with Crippen molar-refractivity contribution in [2.75, 3.05) is 13.2 Å². The van der Waals surface area contributed by atoms with Crippen LogP contribution in [0.3, 0.4) is 0 Å². The van der Waals surface area contributed by atoms with Gasteiger partial charge in [0.2, 0.25) is 0 Å². The molecule has 0 spiro atoms. The van der Waals surface area contributed by atoms with Crippen LogP contribution in [0.25, 0.3) is 0 Å². The lowest BCUT2D eigenvalue weighted by Crippen LogP contribution is -2.23. The average molecular weight is 421 g/mol. The van der Waals surface area contributed by atoms with Crippen molar-refractivity contribution in [2.45, 2.75) is 70.7 Å². The maximum atomic E-state index is 12.7. The highest BCUT2D eigenvalue weighted by Gasteiger charge is 2.43. The molecule has 1 unspecified atom stereocenters. The summed E-state index contributed by atoms with van der Waals surface area (Å²) in [5, 5.41) is 0. The minimum Gasteiger partial charge on any atom is -0.308 e. The second-order valence-electron chi connectivity index (χ2n) is 6.64. The molecular formula is C19H33O6PS. The maximum absolute atomic E-state index is 12.7. The third-order valence-corrected chi connectivity index (χ3v) is 9.01. The first-order chi connectivity index (χ1) is 12.7. The summed E-state index contributed by atoms with van der Waals surface area (Å²) in [6, 6.07) is 8.46. The van der Waals surface area contributed by atoms with E-state index in [4.69, 9.17) is 9.05 Å². The highest BCUT2D eigenvalue weighted by atomic mass is 32.2. The van der Waals surface area contributed by atoms with E-state index in [1.54, 1.807) is 13.8 Å². The average Bonchev–Trinajstić information content (AvgIpc) is 2.56. The fourth-order valence-electron chi connectivity index (χ4n) is 3.08. The van der Waals surface area contributed by atoms with Gasteiger partial charge in [0.15, 0.2) is 4.99 Å². The monoisotopic (exact) mass is 420 g/mol. The summed E-state index contributed by atoms with van der Waals surface area (Å²) in [6.07, 6.45) is 5.50. The molecule has 1 aromatic carbocycles. The molecule has 156 valence electrons. The third kappa shape index (κ3) is 8.88. The molecule has 0 saturated carbocycles. The summed E-state index contributed by atoms with van der Waals surface area (Å²) in [6.45, 7) is 5.42. The number of benzene rings is 1. The Kier molecular flexibility index (Phi) is 10.8. The molecule has 1 rings (SSSR count). The molecule has 0 heterocycles. The summed E-state index contributed by atoms with van der Waals surface area (Å²) in [7, 11) is -8.41. The van der Waals surface area contributed by atoms with Crippen molar-refractivity contribution in [1.29, 1.82) is 0 Å². The number of aryl methyl sites for hydroxylation is 2. The lowest BCUT2D eigenvalue weighted by Gasteiger charge is -2.24. The summed E-state index contributed by atoms with van der Waals surface area (Å²) >= 11 is 0. The highest BCUT2D eigenvalue weighted by molar-refractivity contribution is 7.94. The van der Waals surface area contributed by atoms with Crippen LogP contribution in [-0.2, 0) is 30.2 Å². The number of hydrogen-bond donors (Lipinski definition) is 1. The molecule has 0 radical (unpaired) electrons. The van der Waals surface area contributed by atoms with E-state index in [1.165, 1.54) is 11.1 Å². The molecule has 8 heteroatoms. The second kappa shape index (κ2) is 12.0. The van der Waals surface area contributed by atoms with Crippen molar-refractivity contribution in [1.82, 2.24) is 0 Å². The molecule has 0 fully saturated rings. The SMILES string of the molecule is CCOP(=O)(OCC)C(CCCCCCCc1cccc(C)c1)S(=O)(=O)O. The summed E-state index contributed by atoms with van der Waals surface area (Å²) in [5.74, 6) is 0. The maximum Gasteiger partial charge on any atom is 0.351 e. The molecule has 6 nitrogen and oxygen atoms in total. The number of unbranched alkanes of at least 4 members (excludes halogenated alkanes) is 4. The van der Waals surface area contributed by atoms with Crippen molar-refractivity contribution >= 4 is 17.7 Å². The van der Waals surface area contributed by atoms with Crippen molar-refractivity contribution in [3.8, 4) is 0 Å². The van der Waals surface area contributed by atoms with Gasteiger partial charge >= 0.3 is 7.60 Å². The molecule has 1 N–H and O–H groups in total. The quantitative estimate of drug-likeness (QED) is 0.248. The molecule has 0 amide bonds.